The van der Waals surface area contributed by atoms with Gasteiger partial charge in [-0.2, -0.15) is 4.98 Å². The van der Waals surface area contributed by atoms with Crippen LogP contribution in [-0.2, 0) is 11.2 Å². The molecule has 0 saturated heterocycles. The van der Waals surface area contributed by atoms with Crippen LogP contribution in [0.15, 0.2) is 59.1 Å². The van der Waals surface area contributed by atoms with Crippen molar-refractivity contribution < 1.29 is 9.32 Å². The maximum atomic E-state index is 12.4. The summed E-state index contributed by atoms with van der Waals surface area (Å²) in [6.45, 7) is 6.08. The molecule has 5 nitrogen and oxygen atoms in total. The Labute approximate surface area is 159 Å². The molecule has 0 spiro atoms. The number of hydrogen-bond acceptors (Lipinski definition) is 4. The summed E-state index contributed by atoms with van der Waals surface area (Å²) in [5.41, 5.74) is 3.22. The number of hydrogen-bond donors (Lipinski definition) is 1. The second-order valence-electron chi connectivity index (χ2n) is 7.10. The number of amides is 1. The standard InChI is InChI=1S/C22H25N3O2/c1-15(2)20(23-19(26)14-11-17-7-5-4-6-8-17)22-24-21(25-27-22)18-12-9-16(3)10-13-18/h4-10,12-13,15,20H,11,14H2,1-3H3,(H,23,26)/t20-/m1/s1. The van der Waals surface area contributed by atoms with E-state index >= 15 is 0 Å². The van der Waals surface area contributed by atoms with Crippen molar-refractivity contribution in [2.75, 3.05) is 0 Å². The van der Waals surface area contributed by atoms with Gasteiger partial charge in [0.25, 0.3) is 0 Å². The van der Waals surface area contributed by atoms with E-state index in [0.29, 0.717) is 24.6 Å². The number of carbonyl (C=O) groups is 1. The van der Waals surface area contributed by atoms with Gasteiger partial charge in [0.1, 0.15) is 6.04 Å². The fourth-order valence-electron chi connectivity index (χ4n) is 2.84. The molecule has 0 bridgehead atoms. The van der Waals surface area contributed by atoms with Crippen LogP contribution in [0.4, 0.5) is 0 Å². The van der Waals surface area contributed by atoms with E-state index in [1.807, 2.05) is 75.4 Å². The summed E-state index contributed by atoms with van der Waals surface area (Å²) in [7, 11) is 0. The topological polar surface area (TPSA) is 68.0 Å². The molecule has 2 aromatic carbocycles. The third kappa shape index (κ3) is 5.03. The van der Waals surface area contributed by atoms with Crippen molar-refractivity contribution >= 4 is 5.91 Å². The molecule has 140 valence electrons. The summed E-state index contributed by atoms with van der Waals surface area (Å²) in [6.07, 6.45) is 1.13. The van der Waals surface area contributed by atoms with E-state index in [1.165, 1.54) is 5.56 Å². The SMILES string of the molecule is Cc1ccc(-c2noc([C@H](NC(=O)CCc3ccccc3)C(C)C)n2)cc1. The van der Waals surface area contributed by atoms with E-state index < -0.39 is 0 Å². The number of carbonyl (C=O) groups excluding carboxylic acids is 1. The second kappa shape index (κ2) is 8.62. The molecule has 0 saturated carbocycles. The first kappa shape index (κ1) is 18.8. The molecule has 0 aliphatic heterocycles. The highest BCUT2D eigenvalue weighted by molar-refractivity contribution is 5.76. The molecule has 0 radical (unpaired) electrons. The molecular weight excluding hydrogens is 338 g/mol. The van der Waals surface area contributed by atoms with Gasteiger partial charge < -0.3 is 9.84 Å². The number of nitrogens with one attached hydrogen (secondary N) is 1. The fourth-order valence-corrected chi connectivity index (χ4v) is 2.84. The smallest absolute Gasteiger partial charge is 0.249 e. The highest BCUT2D eigenvalue weighted by atomic mass is 16.5. The van der Waals surface area contributed by atoms with E-state index in [1.54, 1.807) is 0 Å². The molecule has 1 N–H and O–H groups in total. The van der Waals surface area contributed by atoms with Gasteiger partial charge >= 0.3 is 0 Å². The van der Waals surface area contributed by atoms with Crippen LogP contribution in [0.5, 0.6) is 0 Å². The van der Waals surface area contributed by atoms with E-state index in [4.69, 9.17) is 4.52 Å². The normalized spacial score (nSPS) is 12.1. The maximum absolute atomic E-state index is 12.4. The van der Waals surface area contributed by atoms with Crippen molar-refractivity contribution in [2.45, 2.75) is 39.7 Å². The molecule has 0 unspecified atom stereocenters. The van der Waals surface area contributed by atoms with Gasteiger partial charge in [0.15, 0.2) is 0 Å². The van der Waals surface area contributed by atoms with Crippen LogP contribution in [0.25, 0.3) is 11.4 Å². The summed E-state index contributed by atoms with van der Waals surface area (Å²) < 4.78 is 5.46. The van der Waals surface area contributed by atoms with E-state index in [9.17, 15) is 4.79 Å². The van der Waals surface area contributed by atoms with Crippen LogP contribution in [0.2, 0.25) is 0 Å². The van der Waals surface area contributed by atoms with Gasteiger partial charge in [-0.05, 0) is 24.8 Å². The Balaban J connectivity index is 1.66. The molecule has 0 aliphatic carbocycles. The number of aromatic nitrogens is 2. The van der Waals surface area contributed by atoms with Crippen LogP contribution >= 0.6 is 0 Å². The summed E-state index contributed by atoms with van der Waals surface area (Å²) in [5.74, 6) is 1.09. The third-order valence-corrected chi connectivity index (χ3v) is 4.48. The van der Waals surface area contributed by atoms with Crippen LogP contribution in [0.1, 0.15) is 43.3 Å². The Morgan fingerprint density at radius 3 is 2.44 bits per heavy atom. The van der Waals surface area contributed by atoms with Crippen LogP contribution in [0.3, 0.4) is 0 Å². The Morgan fingerprint density at radius 2 is 1.78 bits per heavy atom. The molecular formula is C22H25N3O2. The quantitative estimate of drug-likeness (QED) is 0.671. The lowest BCUT2D eigenvalue weighted by atomic mass is 10.0. The van der Waals surface area contributed by atoms with Gasteiger partial charge in [-0.15, -0.1) is 0 Å². The molecule has 3 rings (SSSR count). The van der Waals surface area contributed by atoms with Gasteiger partial charge in [0.05, 0.1) is 0 Å². The number of benzene rings is 2. The minimum atomic E-state index is -0.306. The largest absolute Gasteiger partial charge is 0.344 e. The second-order valence-corrected chi connectivity index (χ2v) is 7.10. The Bertz CT molecular complexity index is 870. The summed E-state index contributed by atoms with van der Waals surface area (Å²) in [6, 6.07) is 17.6. The summed E-state index contributed by atoms with van der Waals surface area (Å²) in [4.78, 5) is 16.9. The molecule has 1 amide bonds. The lowest BCUT2D eigenvalue weighted by molar-refractivity contribution is -0.122. The summed E-state index contributed by atoms with van der Waals surface area (Å²) >= 11 is 0. The van der Waals surface area contributed by atoms with Gasteiger partial charge in [-0.3, -0.25) is 4.79 Å². The monoisotopic (exact) mass is 363 g/mol. The Morgan fingerprint density at radius 1 is 1.07 bits per heavy atom. The molecule has 3 aromatic rings. The number of rotatable bonds is 7. The molecule has 1 atom stereocenters. The highest BCUT2D eigenvalue weighted by Gasteiger charge is 2.24. The highest BCUT2D eigenvalue weighted by Crippen LogP contribution is 2.24. The summed E-state index contributed by atoms with van der Waals surface area (Å²) in [5, 5.41) is 7.12. The van der Waals surface area contributed by atoms with Gasteiger partial charge in [-0.1, -0.05) is 79.2 Å². The zero-order valence-electron chi connectivity index (χ0n) is 16.0. The van der Waals surface area contributed by atoms with Gasteiger partial charge in [0, 0.05) is 12.0 Å². The minimum Gasteiger partial charge on any atom is -0.344 e. The average Bonchev–Trinajstić information content (AvgIpc) is 3.15. The maximum Gasteiger partial charge on any atom is 0.249 e. The van der Waals surface area contributed by atoms with Crippen LogP contribution in [-0.4, -0.2) is 16.0 Å². The van der Waals surface area contributed by atoms with E-state index in [2.05, 4.69) is 15.5 Å². The Hall–Kier alpha value is -2.95. The van der Waals surface area contributed by atoms with Crippen molar-refractivity contribution in [2.24, 2.45) is 5.92 Å². The first-order valence-corrected chi connectivity index (χ1v) is 9.27. The van der Waals surface area contributed by atoms with Gasteiger partial charge in [-0.25, -0.2) is 0 Å². The van der Waals surface area contributed by atoms with E-state index in [0.717, 1.165) is 11.1 Å². The zero-order chi connectivity index (χ0) is 19.2. The number of nitrogens with zero attached hydrogens (tertiary/aromatic N) is 2. The predicted octanol–water partition coefficient (Wildman–Crippen LogP) is 4.49. The predicted molar refractivity (Wildman–Crippen MR) is 105 cm³/mol. The van der Waals surface area contributed by atoms with Crippen molar-refractivity contribution in [3.05, 3.63) is 71.6 Å². The van der Waals surface area contributed by atoms with Crippen LogP contribution in [0, 0.1) is 12.8 Å². The molecule has 5 heteroatoms. The lowest BCUT2D eigenvalue weighted by Gasteiger charge is -2.18. The molecule has 0 fully saturated rings. The van der Waals surface area contributed by atoms with Crippen LogP contribution < -0.4 is 5.32 Å². The molecule has 1 heterocycles. The minimum absolute atomic E-state index is 0.0207. The first-order valence-electron chi connectivity index (χ1n) is 9.27. The number of aryl methyl sites for hydroxylation is 2. The van der Waals surface area contributed by atoms with Crippen molar-refractivity contribution in [3.8, 4) is 11.4 Å². The van der Waals surface area contributed by atoms with Crippen molar-refractivity contribution in [1.82, 2.24) is 15.5 Å². The first-order chi connectivity index (χ1) is 13.0. The molecule has 27 heavy (non-hydrogen) atoms. The third-order valence-electron chi connectivity index (χ3n) is 4.48. The zero-order valence-corrected chi connectivity index (χ0v) is 16.0. The molecule has 0 aliphatic rings. The Kier molecular flexibility index (Phi) is 6.01. The van der Waals surface area contributed by atoms with Crippen molar-refractivity contribution in [3.63, 3.8) is 0 Å². The molecule has 1 aromatic heterocycles. The fraction of sp³-hybridized carbons (Fsp3) is 0.318. The average molecular weight is 363 g/mol. The van der Waals surface area contributed by atoms with Gasteiger partial charge in [0.2, 0.25) is 17.6 Å². The van der Waals surface area contributed by atoms with E-state index in [-0.39, 0.29) is 17.9 Å². The van der Waals surface area contributed by atoms with Crippen molar-refractivity contribution in [1.29, 1.82) is 0 Å². The lowest BCUT2D eigenvalue weighted by Crippen LogP contribution is -2.32.